The van der Waals surface area contributed by atoms with Crippen molar-refractivity contribution in [2.45, 2.75) is 12.6 Å². The molecule has 0 unspecified atom stereocenters. The Balaban J connectivity index is 1.90. The van der Waals surface area contributed by atoms with Gasteiger partial charge in [-0.05, 0) is 16.7 Å². The highest BCUT2D eigenvalue weighted by Crippen LogP contribution is 2.32. The smallest absolute Gasteiger partial charge is 0.131 e. The summed E-state index contributed by atoms with van der Waals surface area (Å²) in [5.74, 6) is 1.04. The first-order valence-electron chi connectivity index (χ1n) is 8.30. The number of hydrogen-bond donors (Lipinski definition) is 0. The standard InChI is InChI=1S/C22H20N2/c1-24-16-19-14-8-9-15-20(19)21(17-10-4-2-5-11-17)23-22(24)18-12-6-3-7-13-18/h2-15,21H,16H2,1H3/t21-/m0/s1. The van der Waals surface area contributed by atoms with E-state index in [1.807, 2.05) is 6.07 Å². The van der Waals surface area contributed by atoms with Crippen LogP contribution in [0.5, 0.6) is 0 Å². The molecule has 1 atom stereocenters. The fraction of sp³-hybridized carbons (Fsp3) is 0.136. The van der Waals surface area contributed by atoms with Gasteiger partial charge in [0.25, 0.3) is 0 Å². The lowest BCUT2D eigenvalue weighted by Gasteiger charge is -2.20. The molecule has 118 valence electrons. The van der Waals surface area contributed by atoms with E-state index < -0.39 is 0 Å². The van der Waals surface area contributed by atoms with Crippen LogP contribution in [0.25, 0.3) is 0 Å². The van der Waals surface area contributed by atoms with Crippen LogP contribution >= 0.6 is 0 Å². The fourth-order valence-corrected chi connectivity index (χ4v) is 3.34. The van der Waals surface area contributed by atoms with Gasteiger partial charge in [-0.25, -0.2) is 0 Å². The molecule has 0 spiro atoms. The summed E-state index contributed by atoms with van der Waals surface area (Å²) in [6.45, 7) is 0.868. The first-order chi connectivity index (χ1) is 11.8. The van der Waals surface area contributed by atoms with Crippen molar-refractivity contribution in [3.05, 3.63) is 107 Å². The zero-order chi connectivity index (χ0) is 16.4. The maximum atomic E-state index is 5.18. The molecule has 2 nitrogen and oxygen atoms in total. The summed E-state index contributed by atoms with van der Waals surface area (Å²) in [6.07, 6.45) is 0. The molecule has 0 radical (unpaired) electrons. The number of aliphatic imine (C=N–C) groups is 1. The molecule has 4 rings (SSSR count). The van der Waals surface area contributed by atoms with E-state index in [2.05, 4.69) is 90.8 Å². The molecule has 0 saturated heterocycles. The lowest BCUT2D eigenvalue weighted by molar-refractivity contribution is 0.504. The lowest BCUT2D eigenvalue weighted by atomic mass is 9.95. The maximum Gasteiger partial charge on any atom is 0.131 e. The second-order valence-corrected chi connectivity index (χ2v) is 6.19. The molecule has 24 heavy (non-hydrogen) atoms. The van der Waals surface area contributed by atoms with E-state index in [1.165, 1.54) is 16.7 Å². The second-order valence-electron chi connectivity index (χ2n) is 6.19. The third-order valence-electron chi connectivity index (χ3n) is 4.52. The van der Waals surface area contributed by atoms with Crippen LogP contribution in [0.2, 0.25) is 0 Å². The molecule has 0 aliphatic carbocycles. The predicted molar refractivity (Wildman–Crippen MR) is 99.2 cm³/mol. The lowest BCUT2D eigenvalue weighted by Crippen LogP contribution is -2.26. The molecule has 3 aromatic carbocycles. The Bertz CT molecular complexity index is 853. The van der Waals surface area contributed by atoms with E-state index in [0.29, 0.717) is 0 Å². The second kappa shape index (κ2) is 6.32. The molecule has 1 heterocycles. The van der Waals surface area contributed by atoms with E-state index in [1.54, 1.807) is 0 Å². The van der Waals surface area contributed by atoms with Crippen LogP contribution in [0.1, 0.15) is 28.3 Å². The van der Waals surface area contributed by atoms with E-state index in [-0.39, 0.29) is 6.04 Å². The van der Waals surface area contributed by atoms with Gasteiger partial charge in [-0.1, -0.05) is 84.9 Å². The van der Waals surface area contributed by atoms with Crippen molar-refractivity contribution >= 4 is 5.84 Å². The van der Waals surface area contributed by atoms with Gasteiger partial charge in [-0.2, -0.15) is 0 Å². The topological polar surface area (TPSA) is 15.6 Å². The minimum atomic E-state index is 0.0301. The normalized spacial score (nSPS) is 17.0. The van der Waals surface area contributed by atoms with Gasteiger partial charge in [0, 0.05) is 19.2 Å². The average Bonchev–Trinajstić information content (AvgIpc) is 2.79. The van der Waals surface area contributed by atoms with Gasteiger partial charge >= 0.3 is 0 Å². The average molecular weight is 312 g/mol. The summed E-state index contributed by atoms with van der Waals surface area (Å²) in [4.78, 5) is 7.43. The van der Waals surface area contributed by atoms with Gasteiger partial charge in [0.2, 0.25) is 0 Å². The Labute approximate surface area is 143 Å². The molecular weight excluding hydrogens is 292 g/mol. The molecule has 1 aliphatic rings. The van der Waals surface area contributed by atoms with Crippen molar-refractivity contribution in [2.75, 3.05) is 7.05 Å². The summed E-state index contributed by atoms with van der Waals surface area (Å²) in [5, 5.41) is 0. The van der Waals surface area contributed by atoms with Gasteiger partial charge in [0.15, 0.2) is 0 Å². The van der Waals surface area contributed by atoms with Crippen LogP contribution < -0.4 is 0 Å². The first-order valence-corrected chi connectivity index (χ1v) is 8.30. The van der Waals surface area contributed by atoms with Crippen molar-refractivity contribution in [3.63, 3.8) is 0 Å². The molecule has 0 amide bonds. The minimum Gasteiger partial charge on any atom is -0.355 e. The van der Waals surface area contributed by atoms with Crippen LogP contribution in [0.3, 0.4) is 0 Å². The Hall–Kier alpha value is -2.87. The quantitative estimate of drug-likeness (QED) is 0.671. The number of rotatable bonds is 2. The molecule has 0 N–H and O–H groups in total. The van der Waals surface area contributed by atoms with Crippen LogP contribution in [0, 0.1) is 0 Å². The third-order valence-corrected chi connectivity index (χ3v) is 4.52. The Morgan fingerprint density at radius 2 is 1.42 bits per heavy atom. The van der Waals surface area contributed by atoms with Crippen molar-refractivity contribution in [2.24, 2.45) is 4.99 Å². The monoisotopic (exact) mass is 312 g/mol. The Morgan fingerprint density at radius 3 is 2.17 bits per heavy atom. The van der Waals surface area contributed by atoms with E-state index in [9.17, 15) is 0 Å². The molecule has 0 saturated carbocycles. The SMILES string of the molecule is CN1Cc2ccccc2[C@H](c2ccccc2)N=C1c1ccccc1. The predicted octanol–water partition coefficient (Wildman–Crippen LogP) is 4.67. The number of fused-ring (bicyclic) bond motifs is 1. The number of amidine groups is 1. The van der Waals surface area contributed by atoms with Crippen LogP contribution in [-0.4, -0.2) is 17.8 Å². The number of nitrogens with zero attached hydrogens (tertiary/aromatic N) is 2. The third kappa shape index (κ3) is 2.71. The van der Waals surface area contributed by atoms with Crippen LogP contribution in [0.4, 0.5) is 0 Å². The first kappa shape index (κ1) is 14.7. The molecule has 1 aliphatic heterocycles. The van der Waals surface area contributed by atoms with Crippen LogP contribution in [0.15, 0.2) is 89.9 Å². The Morgan fingerprint density at radius 1 is 0.792 bits per heavy atom. The molecule has 0 fully saturated rings. The van der Waals surface area contributed by atoms with Gasteiger partial charge < -0.3 is 4.90 Å². The Kier molecular flexibility index (Phi) is 3.87. The molecule has 3 aromatic rings. The summed E-state index contributed by atoms with van der Waals surface area (Å²) < 4.78 is 0. The highest BCUT2D eigenvalue weighted by Gasteiger charge is 2.23. The highest BCUT2D eigenvalue weighted by molar-refractivity contribution is 5.99. The van der Waals surface area contributed by atoms with Gasteiger partial charge in [0.05, 0.1) is 0 Å². The largest absolute Gasteiger partial charge is 0.355 e. The molecular formula is C22H20N2. The fourth-order valence-electron chi connectivity index (χ4n) is 3.34. The van der Waals surface area contributed by atoms with Gasteiger partial charge in [-0.15, -0.1) is 0 Å². The highest BCUT2D eigenvalue weighted by atomic mass is 15.2. The zero-order valence-corrected chi connectivity index (χ0v) is 13.8. The van der Waals surface area contributed by atoms with Crippen molar-refractivity contribution in [1.29, 1.82) is 0 Å². The van der Waals surface area contributed by atoms with Crippen LogP contribution in [-0.2, 0) is 6.54 Å². The van der Waals surface area contributed by atoms with E-state index in [4.69, 9.17) is 4.99 Å². The molecule has 2 heteroatoms. The van der Waals surface area contributed by atoms with E-state index in [0.717, 1.165) is 17.9 Å². The summed E-state index contributed by atoms with van der Waals surface area (Å²) >= 11 is 0. The maximum absolute atomic E-state index is 5.18. The number of benzene rings is 3. The van der Waals surface area contributed by atoms with Gasteiger partial charge in [0.1, 0.15) is 11.9 Å². The summed E-state index contributed by atoms with van der Waals surface area (Å²) in [5.41, 5.74) is 5.02. The number of hydrogen-bond acceptors (Lipinski definition) is 2. The molecule has 0 aromatic heterocycles. The summed E-state index contributed by atoms with van der Waals surface area (Å²) in [7, 11) is 2.12. The van der Waals surface area contributed by atoms with Crippen molar-refractivity contribution < 1.29 is 0 Å². The van der Waals surface area contributed by atoms with Crippen molar-refractivity contribution in [1.82, 2.24) is 4.90 Å². The van der Waals surface area contributed by atoms with E-state index >= 15 is 0 Å². The summed E-state index contributed by atoms with van der Waals surface area (Å²) in [6, 6.07) is 29.7. The molecule has 0 bridgehead atoms. The van der Waals surface area contributed by atoms with Gasteiger partial charge in [-0.3, -0.25) is 4.99 Å². The van der Waals surface area contributed by atoms with Crippen molar-refractivity contribution in [3.8, 4) is 0 Å². The zero-order valence-electron chi connectivity index (χ0n) is 13.8. The minimum absolute atomic E-state index is 0.0301.